The quantitative estimate of drug-likeness (QED) is 0.371. The molecule has 32 heavy (non-hydrogen) atoms. The zero-order valence-corrected chi connectivity index (χ0v) is 18.4. The molecule has 0 aliphatic heterocycles. The van der Waals surface area contributed by atoms with Gasteiger partial charge in [-0.05, 0) is 30.2 Å². The van der Waals surface area contributed by atoms with Crippen LogP contribution in [0.4, 0.5) is 10.3 Å². The van der Waals surface area contributed by atoms with E-state index in [9.17, 15) is 14.0 Å². The van der Waals surface area contributed by atoms with Crippen molar-refractivity contribution in [1.29, 1.82) is 0 Å². The van der Waals surface area contributed by atoms with Crippen LogP contribution < -0.4 is 16.7 Å². The maximum atomic E-state index is 14.0. The average Bonchev–Trinajstić information content (AvgIpc) is 3.12. The van der Waals surface area contributed by atoms with Crippen molar-refractivity contribution in [2.75, 3.05) is 5.43 Å². The van der Waals surface area contributed by atoms with Crippen molar-refractivity contribution < 1.29 is 4.39 Å². The van der Waals surface area contributed by atoms with Gasteiger partial charge in [0.25, 0.3) is 5.56 Å². The Kier molecular flexibility index (Phi) is 5.67. The SMILES string of the molecule is Cc1ccccc1Cn1c(N/N=C/c2c(F)cccc2Cl)nc2c1c(=O)n(C)c(=O)n2C. The highest BCUT2D eigenvalue weighted by Gasteiger charge is 2.19. The van der Waals surface area contributed by atoms with E-state index in [2.05, 4.69) is 15.5 Å². The summed E-state index contributed by atoms with van der Waals surface area (Å²) in [7, 11) is 2.96. The van der Waals surface area contributed by atoms with Gasteiger partial charge < -0.3 is 0 Å². The fraction of sp³-hybridized carbons (Fsp3) is 0.182. The number of fused-ring (bicyclic) bond motifs is 1. The van der Waals surface area contributed by atoms with Crippen LogP contribution in [0.15, 0.2) is 57.2 Å². The molecule has 0 radical (unpaired) electrons. The first-order valence-corrected chi connectivity index (χ1v) is 10.1. The van der Waals surface area contributed by atoms with Crippen LogP contribution in [0.1, 0.15) is 16.7 Å². The summed E-state index contributed by atoms with van der Waals surface area (Å²) in [5.41, 5.74) is 4.39. The number of halogens is 2. The van der Waals surface area contributed by atoms with Crippen LogP contribution in [0.25, 0.3) is 11.2 Å². The van der Waals surface area contributed by atoms with Crippen molar-refractivity contribution in [3.05, 3.63) is 90.8 Å². The molecule has 0 spiro atoms. The second-order valence-corrected chi connectivity index (χ2v) is 7.74. The molecule has 0 amide bonds. The van der Waals surface area contributed by atoms with E-state index < -0.39 is 17.1 Å². The number of hydrogen-bond acceptors (Lipinski definition) is 5. The molecule has 10 heteroatoms. The molecule has 2 aromatic carbocycles. The molecule has 0 saturated carbocycles. The van der Waals surface area contributed by atoms with E-state index in [0.29, 0.717) is 6.54 Å². The number of rotatable bonds is 5. The highest BCUT2D eigenvalue weighted by molar-refractivity contribution is 6.33. The number of benzene rings is 2. The van der Waals surface area contributed by atoms with Crippen LogP contribution >= 0.6 is 11.6 Å². The number of aromatic nitrogens is 4. The number of imidazole rings is 1. The fourth-order valence-electron chi connectivity index (χ4n) is 3.43. The van der Waals surface area contributed by atoms with Crippen molar-refractivity contribution in [3.63, 3.8) is 0 Å². The Bertz CT molecular complexity index is 1460. The number of hydrazone groups is 1. The third-order valence-electron chi connectivity index (χ3n) is 5.30. The molecule has 0 aliphatic carbocycles. The summed E-state index contributed by atoms with van der Waals surface area (Å²) in [6.45, 7) is 2.28. The Balaban J connectivity index is 1.86. The third kappa shape index (κ3) is 3.71. The second-order valence-electron chi connectivity index (χ2n) is 7.33. The number of nitrogens with one attached hydrogen (secondary N) is 1. The van der Waals surface area contributed by atoms with Crippen molar-refractivity contribution >= 4 is 34.9 Å². The van der Waals surface area contributed by atoms with Crippen LogP contribution in [-0.4, -0.2) is 24.9 Å². The molecule has 4 aromatic rings. The number of hydrogen-bond donors (Lipinski definition) is 1. The Hall–Kier alpha value is -3.72. The normalized spacial score (nSPS) is 11.5. The highest BCUT2D eigenvalue weighted by Crippen LogP contribution is 2.20. The maximum Gasteiger partial charge on any atom is 0.332 e. The lowest BCUT2D eigenvalue weighted by Gasteiger charge is -2.11. The van der Waals surface area contributed by atoms with Crippen molar-refractivity contribution in [2.45, 2.75) is 13.5 Å². The minimum atomic E-state index is -0.521. The maximum absolute atomic E-state index is 14.0. The molecule has 2 heterocycles. The lowest BCUT2D eigenvalue weighted by molar-refractivity contribution is 0.626. The summed E-state index contributed by atoms with van der Waals surface area (Å²) < 4.78 is 18.0. The van der Waals surface area contributed by atoms with Crippen LogP contribution in [0, 0.1) is 12.7 Å². The van der Waals surface area contributed by atoms with Gasteiger partial charge in [0.05, 0.1) is 17.8 Å². The summed E-state index contributed by atoms with van der Waals surface area (Å²) in [5, 5.41) is 4.29. The van der Waals surface area contributed by atoms with Gasteiger partial charge in [-0.1, -0.05) is 41.9 Å². The molecule has 1 N–H and O–H groups in total. The van der Waals surface area contributed by atoms with Crippen LogP contribution in [0.5, 0.6) is 0 Å². The van der Waals surface area contributed by atoms with Gasteiger partial charge in [-0.2, -0.15) is 10.1 Å². The highest BCUT2D eigenvalue weighted by atomic mass is 35.5. The van der Waals surface area contributed by atoms with Crippen molar-refractivity contribution in [1.82, 2.24) is 18.7 Å². The predicted molar refractivity (Wildman–Crippen MR) is 123 cm³/mol. The smallest absolute Gasteiger partial charge is 0.298 e. The Morgan fingerprint density at radius 1 is 1.12 bits per heavy atom. The summed E-state index contributed by atoms with van der Waals surface area (Å²) in [6.07, 6.45) is 1.24. The van der Waals surface area contributed by atoms with E-state index in [0.717, 1.165) is 15.7 Å². The second kappa shape index (κ2) is 8.43. The summed E-state index contributed by atoms with van der Waals surface area (Å²) in [4.78, 5) is 29.8. The molecular weight excluding hydrogens is 435 g/mol. The van der Waals surface area contributed by atoms with E-state index in [1.807, 2.05) is 31.2 Å². The van der Waals surface area contributed by atoms with E-state index in [1.165, 1.54) is 30.0 Å². The molecule has 0 fully saturated rings. The molecule has 0 unspecified atom stereocenters. The molecule has 2 aromatic heterocycles. The zero-order chi connectivity index (χ0) is 23.0. The molecule has 8 nitrogen and oxygen atoms in total. The topological polar surface area (TPSA) is 86.2 Å². The fourth-order valence-corrected chi connectivity index (χ4v) is 3.64. The summed E-state index contributed by atoms with van der Waals surface area (Å²) in [6, 6.07) is 12.1. The van der Waals surface area contributed by atoms with Gasteiger partial charge in [-0.25, -0.2) is 14.6 Å². The predicted octanol–water partition coefficient (Wildman–Crippen LogP) is 3.03. The molecular formula is C22H20ClFN6O2. The standard InChI is InChI=1S/C22H20ClFN6O2/c1-13-7-4-5-8-14(13)12-30-18-19(28(2)22(32)29(3)20(18)31)26-21(30)27-25-11-15-16(23)9-6-10-17(15)24/h4-11H,12H2,1-3H3,(H,26,27)/b25-11+. The van der Waals surface area contributed by atoms with E-state index in [1.54, 1.807) is 17.7 Å². The lowest BCUT2D eigenvalue weighted by Crippen LogP contribution is -2.37. The largest absolute Gasteiger partial charge is 0.332 e. The molecule has 0 bridgehead atoms. The molecule has 4 rings (SSSR count). The van der Waals surface area contributed by atoms with Gasteiger partial charge in [0, 0.05) is 19.7 Å². The number of aryl methyl sites for hydroxylation is 2. The van der Waals surface area contributed by atoms with Crippen LogP contribution in [-0.2, 0) is 20.6 Å². The van der Waals surface area contributed by atoms with Gasteiger partial charge >= 0.3 is 5.69 Å². The Labute approximate surface area is 187 Å². The van der Waals surface area contributed by atoms with Gasteiger partial charge in [-0.15, -0.1) is 0 Å². The van der Waals surface area contributed by atoms with Crippen molar-refractivity contribution in [2.24, 2.45) is 19.2 Å². The van der Waals surface area contributed by atoms with Gasteiger partial charge in [-0.3, -0.25) is 18.5 Å². The molecule has 164 valence electrons. The first-order valence-electron chi connectivity index (χ1n) is 9.73. The summed E-state index contributed by atoms with van der Waals surface area (Å²) >= 11 is 6.05. The number of nitrogens with zero attached hydrogens (tertiary/aromatic N) is 5. The Morgan fingerprint density at radius 3 is 2.59 bits per heavy atom. The lowest BCUT2D eigenvalue weighted by atomic mass is 10.1. The van der Waals surface area contributed by atoms with Crippen LogP contribution in [0.2, 0.25) is 5.02 Å². The van der Waals surface area contributed by atoms with Gasteiger partial charge in [0.15, 0.2) is 11.2 Å². The zero-order valence-electron chi connectivity index (χ0n) is 17.6. The van der Waals surface area contributed by atoms with E-state index in [-0.39, 0.29) is 27.7 Å². The minimum absolute atomic E-state index is 0.117. The summed E-state index contributed by atoms with van der Waals surface area (Å²) in [5.74, 6) is -0.294. The number of anilines is 1. The van der Waals surface area contributed by atoms with E-state index in [4.69, 9.17) is 11.6 Å². The molecule has 0 saturated heterocycles. The van der Waals surface area contributed by atoms with Gasteiger partial charge in [0.2, 0.25) is 5.95 Å². The monoisotopic (exact) mass is 454 g/mol. The van der Waals surface area contributed by atoms with E-state index >= 15 is 0 Å². The minimum Gasteiger partial charge on any atom is -0.298 e. The molecule has 0 aliphatic rings. The van der Waals surface area contributed by atoms with Gasteiger partial charge in [0.1, 0.15) is 5.82 Å². The first kappa shape index (κ1) is 21.5. The first-order chi connectivity index (χ1) is 15.3. The average molecular weight is 455 g/mol. The molecule has 0 atom stereocenters. The van der Waals surface area contributed by atoms with Crippen molar-refractivity contribution in [3.8, 4) is 0 Å². The third-order valence-corrected chi connectivity index (χ3v) is 5.63. The van der Waals surface area contributed by atoms with Crippen LogP contribution in [0.3, 0.4) is 0 Å². The Morgan fingerprint density at radius 2 is 1.88 bits per heavy atom.